The minimum Gasteiger partial charge on any atom is -0.277 e. The predicted molar refractivity (Wildman–Crippen MR) is 72.0 cm³/mol. The lowest BCUT2D eigenvalue weighted by Crippen LogP contribution is -2.30. The van der Waals surface area contributed by atoms with Gasteiger partial charge in [-0.2, -0.15) is 5.26 Å². The second kappa shape index (κ2) is 5.13. The summed E-state index contributed by atoms with van der Waals surface area (Å²) in [5.74, 6) is -1.62. The predicted octanol–water partition coefficient (Wildman–Crippen LogP) is 2.15. The Kier molecular flexibility index (Phi) is 3.30. The molecule has 1 fully saturated rings. The van der Waals surface area contributed by atoms with Crippen molar-refractivity contribution in [3.8, 4) is 6.07 Å². The molecule has 1 saturated heterocycles. The number of amides is 2. The Hall–Kier alpha value is -2.48. The van der Waals surface area contributed by atoms with Gasteiger partial charge in [0.25, 0.3) is 0 Å². The second-order valence-electron chi connectivity index (χ2n) is 5.34. The molecule has 1 aromatic carbocycles. The van der Waals surface area contributed by atoms with Crippen LogP contribution in [0.5, 0.6) is 0 Å². The van der Waals surface area contributed by atoms with Crippen molar-refractivity contribution < 1.29 is 14.0 Å². The zero-order valence-corrected chi connectivity index (χ0v) is 11.3. The highest BCUT2D eigenvalue weighted by atomic mass is 19.1. The Balaban J connectivity index is 1.84. The normalized spacial score (nSPS) is 24.1. The molecule has 2 amide bonds. The molecular formula is C16H13FN2O2. The van der Waals surface area contributed by atoms with Crippen molar-refractivity contribution in [3.63, 3.8) is 0 Å². The van der Waals surface area contributed by atoms with Gasteiger partial charge in [-0.1, -0.05) is 18.2 Å². The third kappa shape index (κ3) is 2.23. The number of carbonyl (C=O) groups is 2. The van der Waals surface area contributed by atoms with E-state index < -0.39 is 5.82 Å². The van der Waals surface area contributed by atoms with E-state index in [0.717, 1.165) is 11.0 Å². The fraction of sp³-hybridized carbons (Fsp3) is 0.312. The number of hydrogen-bond donors (Lipinski definition) is 0. The second-order valence-corrected chi connectivity index (χ2v) is 5.34. The van der Waals surface area contributed by atoms with Crippen LogP contribution < -0.4 is 0 Å². The van der Waals surface area contributed by atoms with E-state index in [9.17, 15) is 14.0 Å². The number of allylic oxidation sites excluding steroid dienone is 2. The first-order chi connectivity index (χ1) is 10.1. The summed E-state index contributed by atoms with van der Waals surface area (Å²) in [6.45, 7) is -0.0673. The third-order valence-corrected chi connectivity index (χ3v) is 4.11. The summed E-state index contributed by atoms with van der Waals surface area (Å²) < 4.78 is 13.9. The molecule has 0 bridgehead atoms. The van der Waals surface area contributed by atoms with Crippen LogP contribution in [0.4, 0.5) is 4.39 Å². The van der Waals surface area contributed by atoms with E-state index >= 15 is 0 Å². The maximum Gasteiger partial charge on any atom is 0.233 e. The van der Waals surface area contributed by atoms with Crippen molar-refractivity contribution in [2.75, 3.05) is 0 Å². The number of benzene rings is 1. The van der Waals surface area contributed by atoms with Gasteiger partial charge in [-0.3, -0.25) is 14.5 Å². The standard InChI is InChI=1S/C16H13FN2O2/c17-14-7-10(8-18)5-6-11(14)9-19-15(20)12-3-1-2-4-13(12)16(19)21/h1-2,5-7,12-13H,3-4,9H2/t12-,13-/m1/s1. The molecule has 1 aliphatic carbocycles. The van der Waals surface area contributed by atoms with Crippen LogP contribution in [0.1, 0.15) is 24.0 Å². The Morgan fingerprint density at radius 1 is 1.19 bits per heavy atom. The summed E-state index contributed by atoms with van der Waals surface area (Å²) in [7, 11) is 0. The lowest BCUT2D eigenvalue weighted by Gasteiger charge is -2.15. The van der Waals surface area contributed by atoms with Crippen LogP contribution in [0.2, 0.25) is 0 Å². The summed E-state index contributed by atoms with van der Waals surface area (Å²) in [6.07, 6.45) is 4.97. The van der Waals surface area contributed by atoms with Crippen LogP contribution in [0.3, 0.4) is 0 Å². The van der Waals surface area contributed by atoms with Gasteiger partial charge >= 0.3 is 0 Å². The van der Waals surface area contributed by atoms with E-state index in [1.165, 1.54) is 12.1 Å². The third-order valence-electron chi connectivity index (χ3n) is 4.11. The topological polar surface area (TPSA) is 61.2 Å². The molecule has 0 aromatic heterocycles. The number of hydrogen-bond acceptors (Lipinski definition) is 3. The summed E-state index contributed by atoms with van der Waals surface area (Å²) in [4.78, 5) is 25.7. The molecule has 2 aliphatic rings. The fourth-order valence-electron chi connectivity index (χ4n) is 2.94. The molecule has 21 heavy (non-hydrogen) atoms. The van der Waals surface area contributed by atoms with E-state index in [1.807, 2.05) is 18.2 Å². The van der Waals surface area contributed by atoms with Crippen molar-refractivity contribution in [3.05, 3.63) is 47.3 Å². The number of carbonyl (C=O) groups excluding carboxylic acids is 2. The molecule has 5 heteroatoms. The van der Waals surface area contributed by atoms with Gasteiger partial charge < -0.3 is 0 Å². The average Bonchev–Trinajstić information content (AvgIpc) is 2.74. The van der Waals surface area contributed by atoms with Crippen LogP contribution in [-0.4, -0.2) is 16.7 Å². The molecule has 0 spiro atoms. The van der Waals surface area contributed by atoms with Crippen LogP contribution in [-0.2, 0) is 16.1 Å². The van der Waals surface area contributed by atoms with Gasteiger partial charge in [-0.15, -0.1) is 0 Å². The zero-order valence-electron chi connectivity index (χ0n) is 11.3. The number of halogens is 1. The molecule has 106 valence electrons. The SMILES string of the molecule is N#Cc1ccc(CN2C(=O)[C@@H]3CC=CC[C@H]3C2=O)c(F)c1. The molecule has 1 aromatic rings. The first-order valence-electron chi connectivity index (χ1n) is 6.80. The Bertz CT molecular complexity index is 664. The van der Waals surface area contributed by atoms with Gasteiger partial charge in [0, 0.05) is 5.56 Å². The smallest absolute Gasteiger partial charge is 0.233 e. The number of fused-ring (bicyclic) bond motifs is 1. The Morgan fingerprint density at radius 3 is 2.33 bits per heavy atom. The van der Waals surface area contributed by atoms with E-state index in [1.54, 1.807) is 0 Å². The van der Waals surface area contributed by atoms with Gasteiger partial charge in [0.05, 0.1) is 30.0 Å². The number of nitrogens with zero attached hydrogens (tertiary/aromatic N) is 2. The first-order valence-corrected chi connectivity index (χ1v) is 6.80. The molecule has 2 atom stereocenters. The van der Waals surface area contributed by atoms with Crippen molar-refractivity contribution in [2.45, 2.75) is 19.4 Å². The monoisotopic (exact) mass is 284 g/mol. The highest BCUT2D eigenvalue weighted by molar-refractivity contribution is 6.05. The zero-order chi connectivity index (χ0) is 15.0. The van der Waals surface area contributed by atoms with E-state index in [4.69, 9.17) is 5.26 Å². The van der Waals surface area contributed by atoms with E-state index in [2.05, 4.69) is 0 Å². The van der Waals surface area contributed by atoms with Gasteiger partial charge in [0.1, 0.15) is 5.82 Å². The molecular weight excluding hydrogens is 271 g/mol. The van der Waals surface area contributed by atoms with Crippen LogP contribution >= 0.6 is 0 Å². The highest BCUT2D eigenvalue weighted by Gasteiger charge is 2.47. The number of imide groups is 1. The van der Waals surface area contributed by atoms with Crippen molar-refractivity contribution in [2.24, 2.45) is 11.8 Å². The molecule has 1 heterocycles. The lowest BCUT2D eigenvalue weighted by atomic mass is 9.85. The molecule has 0 radical (unpaired) electrons. The summed E-state index contributed by atoms with van der Waals surface area (Å²) in [5.41, 5.74) is 0.468. The minimum absolute atomic E-state index is 0.0673. The number of rotatable bonds is 2. The van der Waals surface area contributed by atoms with Gasteiger partial charge in [-0.25, -0.2) is 4.39 Å². The van der Waals surface area contributed by atoms with Crippen molar-refractivity contribution >= 4 is 11.8 Å². The number of likely N-dealkylation sites (tertiary alicyclic amines) is 1. The minimum atomic E-state index is -0.567. The fourth-order valence-corrected chi connectivity index (χ4v) is 2.94. The molecule has 1 aliphatic heterocycles. The summed E-state index contributed by atoms with van der Waals surface area (Å²) >= 11 is 0. The quantitative estimate of drug-likeness (QED) is 0.617. The Morgan fingerprint density at radius 2 is 1.81 bits per heavy atom. The van der Waals surface area contributed by atoms with Gasteiger partial charge in [0.15, 0.2) is 0 Å². The summed E-state index contributed by atoms with van der Waals surface area (Å²) in [5, 5.41) is 8.72. The molecule has 3 rings (SSSR count). The average molecular weight is 284 g/mol. The van der Waals surface area contributed by atoms with Gasteiger partial charge in [-0.05, 0) is 25.0 Å². The molecule has 4 nitrogen and oxygen atoms in total. The van der Waals surface area contributed by atoms with Crippen LogP contribution in [0.15, 0.2) is 30.4 Å². The van der Waals surface area contributed by atoms with Crippen molar-refractivity contribution in [1.29, 1.82) is 5.26 Å². The highest BCUT2D eigenvalue weighted by Crippen LogP contribution is 2.35. The lowest BCUT2D eigenvalue weighted by molar-refractivity contribution is -0.140. The van der Waals surface area contributed by atoms with Crippen LogP contribution in [0, 0.1) is 29.0 Å². The van der Waals surface area contributed by atoms with Crippen molar-refractivity contribution in [1.82, 2.24) is 4.90 Å². The molecule has 0 unspecified atom stereocenters. The van der Waals surface area contributed by atoms with Crippen LogP contribution in [0.25, 0.3) is 0 Å². The van der Waals surface area contributed by atoms with E-state index in [0.29, 0.717) is 12.8 Å². The number of nitriles is 1. The van der Waals surface area contributed by atoms with E-state index in [-0.39, 0.29) is 41.3 Å². The Labute approximate surface area is 121 Å². The van der Waals surface area contributed by atoms with Gasteiger partial charge in [0.2, 0.25) is 11.8 Å². The molecule has 0 saturated carbocycles. The maximum absolute atomic E-state index is 13.9. The first kappa shape index (κ1) is 13.5. The summed E-state index contributed by atoms with van der Waals surface area (Å²) in [6, 6.07) is 5.91. The molecule has 0 N–H and O–H groups in total. The maximum atomic E-state index is 13.9. The largest absolute Gasteiger partial charge is 0.277 e.